The molecule has 3 nitrogen and oxygen atoms in total. The minimum atomic E-state index is 0.452. The van der Waals surface area contributed by atoms with Gasteiger partial charge in [0.2, 0.25) is 0 Å². The molecule has 0 aliphatic rings. The fourth-order valence-corrected chi connectivity index (χ4v) is 1.98. The average Bonchev–Trinajstić information content (AvgIpc) is 2.20. The standard InChI is InChI=1S/C12H12BrN3/c1-7-3-8(2)5-9(4-7)11-12(14)15-6-10(13)16-11/h3-6H,1-2H3,(H2,14,15). The molecule has 0 saturated heterocycles. The van der Waals surface area contributed by atoms with Crippen LogP contribution in [0.4, 0.5) is 5.82 Å². The zero-order valence-electron chi connectivity index (χ0n) is 9.16. The van der Waals surface area contributed by atoms with Crippen molar-refractivity contribution >= 4 is 21.7 Å². The molecule has 0 atom stereocenters. The molecule has 1 aromatic heterocycles. The first kappa shape index (κ1) is 11.1. The highest BCUT2D eigenvalue weighted by atomic mass is 79.9. The molecule has 16 heavy (non-hydrogen) atoms. The Bertz CT molecular complexity index is 518. The van der Waals surface area contributed by atoms with E-state index in [9.17, 15) is 0 Å². The van der Waals surface area contributed by atoms with Crippen LogP contribution in [0.5, 0.6) is 0 Å². The average molecular weight is 278 g/mol. The van der Waals surface area contributed by atoms with Gasteiger partial charge in [0.25, 0.3) is 0 Å². The Morgan fingerprint density at radius 2 is 1.75 bits per heavy atom. The lowest BCUT2D eigenvalue weighted by molar-refractivity contribution is 1.18. The van der Waals surface area contributed by atoms with Crippen LogP contribution >= 0.6 is 15.9 Å². The smallest absolute Gasteiger partial charge is 0.150 e. The van der Waals surface area contributed by atoms with E-state index in [1.165, 1.54) is 11.1 Å². The van der Waals surface area contributed by atoms with Gasteiger partial charge < -0.3 is 5.73 Å². The van der Waals surface area contributed by atoms with Crippen LogP contribution in [0, 0.1) is 13.8 Å². The fourth-order valence-electron chi connectivity index (χ4n) is 1.70. The van der Waals surface area contributed by atoms with Crippen molar-refractivity contribution in [2.45, 2.75) is 13.8 Å². The minimum absolute atomic E-state index is 0.452. The summed E-state index contributed by atoms with van der Waals surface area (Å²) in [5.74, 6) is 0.452. The van der Waals surface area contributed by atoms with Gasteiger partial charge in [0.15, 0.2) is 0 Å². The third-order valence-electron chi connectivity index (χ3n) is 2.27. The predicted molar refractivity (Wildman–Crippen MR) is 69.1 cm³/mol. The van der Waals surface area contributed by atoms with Crippen molar-refractivity contribution < 1.29 is 0 Å². The summed E-state index contributed by atoms with van der Waals surface area (Å²) in [5, 5.41) is 0. The number of hydrogen-bond acceptors (Lipinski definition) is 3. The van der Waals surface area contributed by atoms with Gasteiger partial charge in [-0.2, -0.15) is 0 Å². The largest absolute Gasteiger partial charge is 0.382 e. The number of rotatable bonds is 1. The van der Waals surface area contributed by atoms with Crippen LogP contribution in [0.25, 0.3) is 11.3 Å². The van der Waals surface area contributed by atoms with Gasteiger partial charge in [-0.05, 0) is 41.9 Å². The van der Waals surface area contributed by atoms with Crippen molar-refractivity contribution in [2.24, 2.45) is 0 Å². The maximum absolute atomic E-state index is 5.83. The molecule has 2 rings (SSSR count). The summed E-state index contributed by atoms with van der Waals surface area (Å²) in [7, 11) is 0. The van der Waals surface area contributed by atoms with E-state index in [0.29, 0.717) is 10.4 Å². The molecule has 0 amide bonds. The van der Waals surface area contributed by atoms with E-state index in [1.807, 2.05) is 0 Å². The zero-order chi connectivity index (χ0) is 11.7. The molecule has 0 fully saturated rings. The van der Waals surface area contributed by atoms with E-state index in [4.69, 9.17) is 5.73 Å². The first-order chi connectivity index (χ1) is 7.56. The Morgan fingerprint density at radius 3 is 2.38 bits per heavy atom. The van der Waals surface area contributed by atoms with Crippen molar-refractivity contribution in [3.8, 4) is 11.3 Å². The molecule has 0 saturated carbocycles. The normalized spacial score (nSPS) is 10.4. The van der Waals surface area contributed by atoms with Gasteiger partial charge in [-0.25, -0.2) is 9.97 Å². The number of aryl methyl sites for hydroxylation is 2. The van der Waals surface area contributed by atoms with Gasteiger partial charge in [-0.15, -0.1) is 0 Å². The van der Waals surface area contributed by atoms with Crippen LogP contribution in [0.3, 0.4) is 0 Å². The molecule has 1 aromatic carbocycles. The van der Waals surface area contributed by atoms with E-state index in [2.05, 4.69) is 57.9 Å². The van der Waals surface area contributed by atoms with Gasteiger partial charge in [-0.1, -0.05) is 17.2 Å². The van der Waals surface area contributed by atoms with Crippen molar-refractivity contribution in [2.75, 3.05) is 5.73 Å². The van der Waals surface area contributed by atoms with Crippen molar-refractivity contribution in [3.05, 3.63) is 40.1 Å². The molecule has 0 bridgehead atoms. The van der Waals surface area contributed by atoms with E-state index in [1.54, 1.807) is 6.20 Å². The van der Waals surface area contributed by atoms with Crippen LogP contribution < -0.4 is 5.73 Å². The van der Waals surface area contributed by atoms with Gasteiger partial charge in [0.1, 0.15) is 16.1 Å². The quantitative estimate of drug-likeness (QED) is 0.872. The monoisotopic (exact) mass is 277 g/mol. The number of nitrogen functional groups attached to an aromatic ring is 1. The summed E-state index contributed by atoms with van der Waals surface area (Å²) in [6.07, 6.45) is 1.60. The Kier molecular flexibility index (Phi) is 2.92. The minimum Gasteiger partial charge on any atom is -0.382 e. The number of halogens is 1. The topological polar surface area (TPSA) is 51.8 Å². The first-order valence-corrected chi connectivity index (χ1v) is 5.72. The second-order valence-corrected chi connectivity index (χ2v) is 4.62. The zero-order valence-corrected chi connectivity index (χ0v) is 10.7. The molecule has 2 N–H and O–H groups in total. The third kappa shape index (κ3) is 2.22. The molecule has 4 heteroatoms. The van der Waals surface area contributed by atoms with Crippen LogP contribution in [0.2, 0.25) is 0 Å². The molecule has 2 aromatic rings. The van der Waals surface area contributed by atoms with Gasteiger partial charge >= 0.3 is 0 Å². The Balaban J connectivity index is 2.62. The molecular formula is C12H12BrN3. The van der Waals surface area contributed by atoms with E-state index < -0.39 is 0 Å². The number of benzene rings is 1. The summed E-state index contributed by atoms with van der Waals surface area (Å²) < 4.78 is 0.691. The van der Waals surface area contributed by atoms with Gasteiger partial charge in [-0.3, -0.25) is 0 Å². The third-order valence-corrected chi connectivity index (χ3v) is 2.65. The number of hydrogen-bond donors (Lipinski definition) is 1. The lowest BCUT2D eigenvalue weighted by Gasteiger charge is -2.06. The molecule has 1 heterocycles. The highest BCUT2D eigenvalue weighted by Crippen LogP contribution is 2.25. The summed E-state index contributed by atoms with van der Waals surface area (Å²) in [4.78, 5) is 8.44. The Labute approximate surface area is 103 Å². The summed E-state index contributed by atoms with van der Waals surface area (Å²) in [5.41, 5.74) is 9.94. The van der Waals surface area contributed by atoms with Gasteiger partial charge in [0, 0.05) is 5.56 Å². The molecule has 0 spiro atoms. The molecule has 0 aliphatic carbocycles. The molecule has 0 unspecified atom stereocenters. The SMILES string of the molecule is Cc1cc(C)cc(-c2nc(Br)cnc2N)c1. The Morgan fingerprint density at radius 1 is 1.12 bits per heavy atom. The molecule has 0 aliphatic heterocycles. The second-order valence-electron chi connectivity index (χ2n) is 3.80. The predicted octanol–water partition coefficient (Wildman–Crippen LogP) is 3.11. The van der Waals surface area contributed by atoms with Crippen LogP contribution in [0.1, 0.15) is 11.1 Å². The van der Waals surface area contributed by atoms with E-state index in [-0.39, 0.29) is 0 Å². The van der Waals surface area contributed by atoms with Gasteiger partial charge in [0.05, 0.1) is 6.20 Å². The van der Waals surface area contributed by atoms with Crippen molar-refractivity contribution in [1.29, 1.82) is 0 Å². The maximum atomic E-state index is 5.83. The fraction of sp³-hybridized carbons (Fsp3) is 0.167. The summed E-state index contributed by atoms with van der Waals surface area (Å²) >= 11 is 3.30. The highest BCUT2D eigenvalue weighted by Gasteiger charge is 2.07. The number of nitrogens with two attached hydrogens (primary N) is 1. The highest BCUT2D eigenvalue weighted by molar-refractivity contribution is 9.10. The lowest BCUT2D eigenvalue weighted by atomic mass is 10.0. The van der Waals surface area contributed by atoms with Crippen LogP contribution in [-0.4, -0.2) is 9.97 Å². The number of anilines is 1. The van der Waals surface area contributed by atoms with Crippen LogP contribution in [0.15, 0.2) is 29.0 Å². The van der Waals surface area contributed by atoms with Crippen molar-refractivity contribution in [3.63, 3.8) is 0 Å². The number of nitrogens with zero attached hydrogens (tertiary/aromatic N) is 2. The molecule has 82 valence electrons. The van der Waals surface area contributed by atoms with Crippen molar-refractivity contribution in [1.82, 2.24) is 9.97 Å². The van der Waals surface area contributed by atoms with E-state index in [0.717, 1.165) is 11.3 Å². The maximum Gasteiger partial charge on any atom is 0.150 e. The Hall–Kier alpha value is -1.42. The lowest BCUT2D eigenvalue weighted by Crippen LogP contribution is -1.97. The van der Waals surface area contributed by atoms with Crippen LogP contribution in [-0.2, 0) is 0 Å². The summed E-state index contributed by atoms with van der Waals surface area (Å²) in [6.45, 7) is 4.11. The molecular weight excluding hydrogens is 266 g/mol. The summed E-state index contributed by atoms with van der Waals surface area (Å²) in [6, 6.07) is 6.23. The first-order valence-electron chi connectivity index (χ1n) is 4.93. The van der Waals surface area contributed by atoms with E-state index >= 15 is 0 Å². The molecule has 0 radical (unpaired) electrons. The second kappa shape index (κ2) is 4.22. The number of aromatic nitrogens is 2.